The van der Waals surface area contributed by atoms with E-state index < -0.39 is 6.10 Å². The fraction of sp³-hybridized carbons (Fsp3) is 0.400. The van der Waals surface area contributed by atoms with Crippen molar-refractivity contribution >= 4 is 10.8 Å². The van der Waals surface area contributed by atoms with E-state index in [9.17, 15) is 5.11 Å². The van der Waals surface area contributed by atoms with E-state index in [1.807, 2.05) is 30.5 Å². The summed E-state index contributed by atoms with van der Waals surface area (Å²) in [6, 6.07) is 7.98. The van der Waals surface area contributed by atoms with E-state index in [1.54, 1.807) is 6.20 Å². The van der Waals surface area contributed by atoms with E-state index in [0.29, 0.717) is 5.92 Å². The van der Waals surface area contributed by atoms with Crippen LogP contribution in [-0.4, -0.2) is 23.3 Å². The second-order valence-electron chi connectivity index (χ2n) is 4.93. The third-order valence-corrected chi connectivity index (χ3v) is 3.65. The lowest BCUT2D eigenvalue weighted by Crippen LogP contribution is -2.07. The zero-order valence-corrected chi connectivity index (χ0v) is 10.2. The van der Waals surface area contributed by atoms with Gasteiger partial charge < -0.3 is 9.84 Å². The zero-order chi connectivity index (χ0) is 12.4. The average Bonchev–Trinajstić information content (AvgIpc) is 2.91. The number of pyridine rings is 1. The van der Waals surface area contributed by atoms with Crippen LogP contribution < -0.4 is 0 Å². The molecule has 18 heavy (non-hydrogen) atoms. The molecule has 1 aliphatic heterocycles. The van der Waals surface area contributed by atoms with Crippen LogP contribution in [0.3, 0.4) is 0 Å². The van der Waals surface area contributed by atoms with Gasteiger partial charge in [0.1, 0.15) is 0 Å². The minimum Gasteiger partial charge on any atom is -0.388 e. The maximum Gasteiger partial charge on any atom is 0.0799 e. The maximum absolute atomic E-state index is 10.4. The van der Waals surface area contributed by atoms with Crippen molar-refractivity contribution in [3.63, 3.8) is 0 Å². The van der Waals surface area contributed by atoms with E-state index in [4.69, 9.17) is 4.74 Å². The second kappa shape index (κ2) is 5.04. The molecule has 1 aromatic heterocycles. The van der Waals surface area contributed by atoms with Gasteiger partial charge in [-0.2, -0.15) is 0 Å². The Morgan fingerprint density at radius 2 is 2.33 bits per heavy atom. The summed E-state index contributed by atoms with van der Waals surface area (Å²) in [5, 5.41) is 12.6. The number of aliphatic hydroxyl groups is 1. The summed E-state index contributed by atoms with van der Waals surface area (Å²) in [7, 11) is 0. The number of rotatable bonds is 3. The van der Waals surface area contributed by atoms with Crippen LogP contribution in [0.2, 0.25) is 0 Å². The van der Waals surface area contributed by atoms with Crippen LogP contribution in [0, 0.1) is 5.92 Å². The summed E-state index contributed by atoms with van der Waals surface area (Å²) in [5.74, 6) is 0.483. The van der Waals surface area contributed by atoms with E-state index in [0.717, 1.165) is 42.4 Å². The Balaban J connectivity index is 1.88. The fourth-order valence-electron chi connectivity index (χ4n) is 2.65. The van der Waals surface area contributed by atoms with Gasteiger partial charge in [-0.15, -0.1) is 0 Å². The van der Waals surface area contributed by atoms with Crippen molar-refractivity contribution in [3.05, 3.63) is 42.2 Å². The summed E-state index contributed by atoms with van der Waals surface area (Å²) in [5.41, 5.74) is 1.00. The Morgan fingerprint density at radius 1 is 1.39 bits per heavy atom. The van der Waals surface area contributed by atoms with Gasteiger partial charge in [0.25, 0.3) is 0 Å². The quantitative estimate of drug-likeness (QED) is 0.901. The normalized spacial score (nSPS) is 21.3. The highest BCUT2D eigenvalue weighted by Gasteiger charge is 2.21. The van der Waals surface area contributed by atoms with Gasteiger partial charge in [-0.3, -0.25) is 4.98 Å². The summed E-state index contributed by atoms with van der Waals surface area (Å²) in [6.45, 7) is 1.61. The first kappa shape index (κ1) is 11.6. The van der Waals surface area contributed by atoms with E-state index in [2.05, 4.69) is 4.98 Å². The van der Waals surface area contributed by atoms with Crippen molar-refractivity contribution < 1.29 is 9.84 Å². The summed E-state index contributed by atoms with van der Waals surface area (Å²) >= 11 is 0. The van der Waals surface area contributed by atoms with Gasteiger partial charge in [-0.25, -0.2) is 0 Å². The molecule has 1 aromatic carbocycles. The molecule has 3 nitrogen and oxygen atoms in total. The van der Waals surface area contributed by atoms with Crippen molar-refractivity contribution in [1.29, 1.82) is 0 Å². The van der Waals surface area contributed by atoms with Crippen LogP contribution in [0.25, 0.3) is 10.8 Å². The highest BCUT2D eigenvalue weighted by Crippen LogP contribution is 2.30. The third-order valence-electron chi connectivity index (χ3n) is 3.65. The van der Waals surface area contributed by atoms with E-state index in [-0.39, 0.29) is 0 Å². The molecule has 2 atom stereocenters. The van der Waals surface area contributed by atoms with Crippen LogP contribution in [0.15, 0.2) is 36.7 Å². The Labute approximate surface area is 106 Å². The van der Waals surface area contributed by atoms with Gasteiger partial charge >= 0.3 is 0 Å². The predicted octanol–water partition coefficient (Wildman–Crippen LogP) is 2.69. The number of nitrogens with zero attached hydrogens (tertiary/aromatic N) is 1. The Kier molecular flexibility index (Phi) is 3.26. The number of benzene rings is 1. The summed E-state index contributed by atoms with van der Waals surface area (Å²) < 4.78 is 5.36. The minimum absolute atomic E-state index is 0.414. The molecule has 1 saturated heterocycles. The predicted molar refractivity (Wildman–Crippen MR) is 70.2 cm³/mol. The molecule has 2 heterocycles. The molecule has 0 amide bonds. The van der Waals surface area contributed by atoms with Gasteiger partial charge in [-0.1, -0.05) is 18.2 Å². The molecule has 0 saturated carbocycles. The largest absolute Gasteiger partial charge is 0.388 e. The highest BCUT2D eigenvalue weighted by atomic mass is 16.5. The van der Waals surface area contributed by atoms with Gasteiger partial charge in [0.2, 0.25) is 0 Å². The van der Waals surface area contributed by atoms with E-state index >= 15 is 0 Å². The maximum atomic E-state index is 10.4. The molecule has 3 rings (SSSR count). The van der Waals surface area contributed by atoms with Crippen molar-refractivity contribution in [1.82, 2.24) is 4.98 Å². The topological polar surface area (TPSA) is 42.4 Å². The number of hydrogen-bond acceptors (Lipinski definition) is 3. The van der Waals surface area contributed by atoms with Crippen molar-refractivity contribution in [2.75, 3.05) is 13.2 Å². The van der Waals surface area contributed by atoms with Crippen LogP contribution in [0.4, 0.5) is 0 Å². The zero-order valence-electron chi connectivity index (χ0n) is 10.2. The molecule has 0 aliphatic carbocycles. The molecule has 1 N–H and O–H groups in total. The number of aliphatic hydroxyl groups excluding tert-OH is 1. The molecule has 0 bridgehead atoms. The Hall–Kier alpha value is -1.45. The molecular formula is C15H17NO2. The van der Waals surface area contributed by atoms with Crippen LogP contribution >= 0.6 is 0 Å². The standard InChI is InChI=1S/C15H17NO2/c17-15(8-11-5-7-18-10-11)14-3-1-2-12-9-16-6-4-13(12)14/h1-4,6,9,11,15,17H,5,7-8,10H2. The molecule has 3 heteroatoms. The smallest absolute Gasteiger partial charge is 0.0799 e. The first-order valence-corrected chi connectivity index (χ1v) is 6.43. The molecular weight excluding hydrogens is 226 g/mol. The Bertz CT molecular complexity index is 530. The average molecular weight is 243 g/mol. The van der Waals surface area contributed by atoms with Crippen molar-refractivity contribution in [2.24, 2.45) is 5.92 Å². The first-order chi connectivity index (χ1) is 8.84. The first-order valence-electron chi connectivity index (χ1n) is 6.43. The third kappa shape index (κ3) is 2.24. The molecule has 2 aromatic rings. The van der Waals surface area contributed by atoms with Crippen LogP contribution in [0.5, 0.6) is 0 Å². The second-order valence-corrected chi connectivity index (χ2v) is 4.93. The fourth-order valence-corrected chi connectivity index (χ4v) is 2.65. The lowest BCUT2D eigenvalue weighted by atomic mass is 9.93. The SMILES string of the molecule is OC(CC1CCOC1)c1cccc2cnccc12. The highest BCUT2D eigenvalue weighted by molar-refractivity contribution is 5.85. The minimum atomic E-state index is -0.414. The molecule has 94 valence electrons. The number of ether oxygens (including phenoxy) is 1. The molecule has 1 aliphatic rings. The monoisotopic (exact) mass is 243 g/mol. The number of hydrogen-bond donors (Lipinski definition) is 1. The summed E-state index contributed by atoms with van der Waals surface area (Å²) in [6.07, 6.45) is 5.04. The number of aromatic nitrogens is 1. The van der Waals surface area contributed by atoms with Crippen molar-refractivity contribution in [3.8, 4) is 0 Å². The number of fused-ring (bicyclic) bond motifs is 1. The van der Waals surface area contributed by atoms with Crippen molar-refractivity contribution in [2.45, 2.75) is 18.9 Å². The Morgan fingerprint density at radius 3 is 3.17 bits per heavy atom. The molecule has 2 unspecified atom stereocenters. The van der Waals surface area contributed by atoms with Crippen LogP contribution in [0.1, 0.15) is 24.5 Å². The molecule has 1 fully saturated rings. The lowest BCUT2D eigenvalue weighted by molar-refractivity contribution is 0.130. The summed E-state index contributed by atoms with van der Waals surface area (Å²) in [4.78, 5) is 4.11. The van der Waals surface area contributed by atoms with Gasteiger partial charge in [-0.05, 0) is 35.8 Å². The van der Waals surface area contributed by atoms with E-state index in [1.165, 1.54) is 0 Å². The van der Waals surface area contributed by atoms with Gasteiger partial charge in [0, 0.05) is 31.0 Å². The molecule has 0 spiro atoms. The van der Waals surface area contributed by atoms with Crippen LogP contribution in [-0.2, 0) is 4.74 Å². The lowest BCUT2D eigenvalue weighted by Gasteiger charge is -2.16. The van der Waals surface area contributed by atoms with Gasteiger partial charge in [0.05, 0.1) is 6.10 Å². The molecule has 0 radical (unpaired) electrons. The van der Waals surface area contributed by atoms with Gasteiger partial charge in [0.15, 0.2) is 0 Å².